The van der Waals surface area contributed by atoms with Crippen molar-refractivity contribution < 1.29 is 9.59 Å². The number of pyridine rings is 1. The molecule has 3 heterocycles. The second-order valence-corrected chi connectivity index (χ2v) is 6.45. The highest BCUT2D eigenvalue weighted by Crippen LogP contribution is 2.26. The first-order chi connectivity index (χ1) is 13.2. The Morgan fingerprint density at radius 1 is 1.07 bits per heavy atom. The van der Waals surface area contributed by atoms with Crippen molar-refractivity contribution in [2.24, 2.45) is 0 Å². The van der Waals surface area contributed by atoms with Crippen LogP contribution in [0, 0.1) is 0 Å². The molecule has 3 aromatic rings. The third-order valence-corrected chi connectivity index (χ3v) is 4.82. The second-order valence-electron chi connectivity index (χ2n) is 6.45. The Balaban J connectivity index is 1.61. The Hall–Kier alpha value is -3.48. The molecule has 0 aliphatic carbocycles. The van der Waals surface area contributed by atoms with E-state index in [4.69, 9.17) is 5.73 Å². The number of hydrogen-bond acceptors (Lipinski definition) is 5. The number of para-hydroxylation sites is 1. The lowest BCUT2D eigenvalue weighted by Gasteiger charge is -2.23. The van der Waals surface area contributed by atoms with Crippen LogP contribution in [-0.4, -0.2) is 43.9 Å². The van der Waals surface area contributed by atoms with Crippen molar-refractivity contribution >= 4 is 17.5 Å². The van der Waals surface area contributed by atoms with Gasteiger partial charge in [0.25, 0.3) is 5.91 Å². The van der Waals surface area contributed by atoms with E-state index in [9.17, 15) is 9.59 Å². The van der Waals surface area contributed by atoms with Crippen LogP contribution in [0.15, 0.2) is 61.1 Å². The molecule has 2 N–H and O–H groups in total. The van der Waals surface area contributed by atoms with Gasteiger partial charge >= 0.3 is 0 Å². The summed E-state index contributed by atoms with van der Waals surface area (Å²) in [5.41, 5.74) is 7.86. The van der Waals surface area contributed by atoms with Crippen LogP contribution in [0.3, 0.4) is 0 Å². The molecule has 4 rings (SSSR count). The van der Waals surface area contributed by atoms with Gasteiger partial charge < -0.3 is 10.6 Å². The number of benzene rings is 1. The molecule has 1 aliphatic heterocycles. The van der Waals surface area contributed by atoms with E-state index < -0.39 is 6.04 Å². The maximum absolute atomic E-state index is 13.1. The van der Waals surface area contributed by atoms with Crippen LogP contribution in [0.4, 0.5) is 5.82 Å². The zero-order chi connectivity index (χ0) is 18.8. The van der Waals surface area contributed by atoms with Crippen molar-refractivity contribution in [1.29, 1.82) is 0 Å². The Labute approximate surface area is 156 Å². The Morgan fingerprint density at radius 3 is 2.56 bits per heavy atom. The van der Waals surface area contributed by atoms with E-state index in [1.165, 1.54) is 10.9 Å². The minimum atomic E-state index is -0.526. The van der Waals surface area contributed by atoms with E-state index in [1.54, 1.807) is 29.4 Å². The van der Waals surface area contributed by atoms with E-state index in [2.05, 4.69) is 10.1 Å². The molecule has 0 bridgehead atoms. The van der Waals surface area contributed by atoms with E-state index >= 15 is 0 Å². The van der Waals surface area contributed by atoms with E-state index in [-0.39, 0.29) is 17.5 Å². The van der Waals surface area contributed by atoms with Gasteiger partial charge in [-0.2, -0.15) is 5.10 Å². The molecule has 2 aromatic heterocycles. The highest BCUT2D eigenvalue weighted by Gasteiger charge is 2.36. The van der Waals surface area contributed by atoms with Gasteiger partial charge in [-0.25, -0.2) is 4.68 Å². The predicted molar refractivity (Wildman–Crippen MR) is 101 cm³/mol. The van der Waals surface area contributed by atoms with Crippen molar-refractivity contribution in [1.82, 2.24) is 19.7 Å². The molecule has 1 fully saturated rings. The summed E-state index contributed by atoms with van der Waals surface area (Å²) in [6, 6.07) is 12.2. The Bertz CT molecular complexity index is 969. The fourth-order valence-corrected chi connectivity index (χ4v) is 3.44. The van der Waals surface area contributed by atoms with E-state index in [0.29, 0.717) is 24.1 Å². The normalized spacial score (nSPS) is 16.4. The number of rotatable bonds is 4. The molecule has 1 amide bonds. The number of amides is 1. The summed E-state index contributed by atoms with van der Waals surface area (Å²) in [7, 11) is 0. The van der Waals surface area contributed by atoms with Gasteiger partial charge in [0.1, 0.15) is 5.82 Å². The lowest BCUT2D eigenvalue weighted by molar-refractivity contribution is 0.0671. The first-order valence-corrected chi connectivity index (χ1v) is 8.81. The molecule has 136 valence electrons. The third kappa shape index (κ3) is 3.08. The molecule has 1 aromatic carbocycles. The third-order valence-electron chi connectivity index (χ3n) is 4.82. The number of nitrogens with zero attached hydrogens (tertiary/aromatic N) is 4. The van der Waals surface area contributed by atoms with Crippen LogP contribution >= 0.6 is 0 Å². The fourth-order valence-electron chi connectivity index (χ4n) is 3.44. The van der Waals surface area contributed by atoms with Crippen molar-refractivity contribution in [3.63, 3.8) is 0 Å². The molecule has 0 radical (unpaired) electrons. The van der Waals surface area contributed by atoms with Gasteiger partial charge in [-0.1, -0.05) is 18.2 Å². The van der Waals surface area contributed by atoms with Crippen LogP contribution in [0.1, 0.15) is 33.6 Å². The summed E-state index contributed by atoms with van der Waals surface area (Å²) in [4.78, 5) is 31.5. The number of Topliss-reactive ketones (excluding diaryl/α,β-unsaturated/α-hetero) is 1. The quantitative estimate of drug-likeness (QED) is 0.720. The molecule has 0 saturated carbocycles. The van der Waals surface area contributed by atoms with Crippen LogP contribution in [0.25, 0.3) is 5.69 Å². The smallest absolute Gasteiger partial charge is 0.254 e. The summed E-state index contributed by atoms with van der Waals surface area (Å²) in [5.74, 6) is -0.0498. The van der Waals surface area contributed by atoms with Crippen LogP contribution < -0.4 is 5.73 Å². The number of anilines is 1. The summed E-state index contributed by atoms with van der Waals surface area (Å²) >= 11 is 0. The van der Waals surface area contributed by atoms with Gasteiger partial charge in [0.15, 0.2) is 5.78 Å². The molecule has 7 heteroatoms. The SMILES string of the molecule is Nc1c(C(=O)[C@@H]2CCCN2C(=O)c2ccncc2)cnn1-c1ccccc1. The monoisotopic (exact) mass is 361 g/mol. The summed E-state index contributed by atoms with van der Waals surface area (Å²) in [5, 5.41) is 4.27. The highest BCUT2D eigenvalue weighted by atomic mass is 16.2. The largest absolute Gasteiger partial charge is 0.383 e. The number of hydrogen-bond donors (Lipinski definition) is 1. The lowest BCUT2D eigenvalue weighted by Crippen LogP contribution is -2.40. The first-order valence-electron chi connectivity index (χ1n) is 8.81. The molecular weight excluding hydrogens is 342 g/mol. The summed E-state index contributed by atoms with van der Waals surface area (Å²) in [6.07, 6.45) is 6.02. The average molecular weight is 361 g/mol. The maximum atomic E-state index is 13.1. The van der Waals surface area contributed by atoms with Crippen molar-refractivity contribution in [2.75, 3.05) is 12.3 Å². The molecule has 1 atom stereocenters. The highest BCUT2D eigenvalue weighted by molar-refractivity contribution is 6.07. The first kappa shape index (κ1) is 17.0. The van der Waals surface area contributed by atoms with Crippen LogP contribution in [0.2, 0.25) is 0 Å². The van der Waals surface area contributed by atoms with Gasteiger partial charge in [-0.3, -0.25) is 14.6 Å². The number of ketones is 1. The van der Waals surface area contributed by atoms with Crippen molar-refractivity contribution in [2.45, 2.75) is 18.9 Å². The van der Waals surface area contributed by atoms with E-state index in [0.717, 1.165) is 12.1 Å². The molecule has 7 nitrogen and oxygen atoms in total. The predicted octanol–water partition coefficient (Wildman–Crippen LogP) is 2.34. The summed E-state index contributed by atoms with van der Waals surface area (Å²) in [6.45, 7) is 0.546. The summed E-state index contributed by atoms with van der Waals surface area (Å²) < 4.78 is 1.54. The van der Waals surface area contributed by atoms with E-state index in [1.807, 2.05) is 30.3 Å². The standard InChI is InChI=1S/C20H19N5O2/c21-19-16(13-23-25(19)15-5-2-1-3-6-15)18(26)17-7-4-12-24(17)20(27)14-8-10-22-11-9-14/h1-3,5-6,8-11,13,17H,4,7,12,21H2/t17-/m0/s1. The molecule has 0 unspecified atom stereocenters. The molecule has 27 heavy (non-hydrogen) atoms. The van der Waals surface area contributed by atoms with Crippen molar-refractivity contribution in [3.8, 4) is 5.69 Å². The minimum absolute atomic E-state index is 0.165. The zero-order valence-electron chi connectivity index (χ0n) is 14.7. The van der Waals surface area contributed by atoms with Crippen LogP contribution in [-0.2, 0) is 0 Å². The molecule has 1 aliphatic rings. The fraction of sp³-hybridized carbons (Fsp3) is 0.200. The topological polar surface area (TPSA) is 94.1 Å². The number of likely N-dealkylation sites (tertiary alicyclic amines) is 1. The Kier molecular flexibility index (Phi) is 4.42. The van der Waals surface area contributed by atoms with Gasteiger partial charge in [-0.05, 0) is 37.1 Å². The molecular formula is C20H19N5O2. The van der Waals surface area contributed by atoms with Gasteiger partial charge in [0.05, 0.1) is 23.5 Å². The maximum Gasteiger partial charge on any atom is 0.254 e. The zero-order valence-corrected chi connectivity index (χ0v) is 14.7. The lowest BCUT2D eigenvalue weighted by atomic mass is 10.0. The van der Waals surface area contributed by atoms with Gasteiger partial charge in [0, 0.05) is 24.5 Å². The second kappa shape index (κ2) is 7.03. The van der Waals surface area contributed by atoms with Gasteiger partial charge in [-0.15, -0.1) is 0 Å². The Morgan fingerprint density at radius 2 is 1.81 bits per heavy atom. The number of aromatic nitrogens is 3. The number of carbonyl (C=O) groups excluding carboxylic acids is 2. The molecule has 1 saturated heterocycles. The number of nitrogens with two attached hydrogens (primary N) is 1. The molecule has 0 spiro atoms. The number of carbonyl (C=O) groups is 2. The average Bonchev–Trinajstić information content (AvgIpc) is 3.35. The van der Waals surface area contributed by atoms with Crippen LogP contribution in [0.5, 0.6) is 0 Å². The van der Waals surface area contributed by atoms with Crippen molar-refractivity contribution in [3.05, 3.63) is 72.2 Å². The minimum Gasteiger partial charge on any atom is -0.383 e. The number of nitrogen functional groups attached to an aromatic ring is 1. The van der Waals surface area contributed by atoms with Gasteiger partial charge in [0.2, 0.25) is 0 Å².